The van der Waals surface area contributed by atoms with Crippen LogP contribution in [0.2, 0.25) is 0 Å². The second kappa shape index (κ2) is 6.85. The van der Waals surface area contributed by atoms with Crippen molar-refractivity contribution in [2.45, 2.75) is 12.8 Å². The van der Waals surface area contributed by atoms with Crippen LogP contribution in [0.4, 0.5) is 5.69 Å². The summed E-state index contributed by atoms with van der Waals surface area (Å²) < 4.78 is 0. The van der Waals surface area contributed by atoms with Gasteiger partial charge in [-0.1, -0.05) is 12.1 Å². The number of thiazole rings is 1. The molecule has 1 aliphatic carbocycles. The number of carbonyl (C=O) groups is 2. The Kier molecular flexibility index (Phi) is 4.37. The first-order chi connectivity index (χ1) is 13.0. The molecule has 7 heteroatoms. The zero-order valence-electron chi connectivity index (χ0n) is 14.3. The number of hydrogen-bond donors (Lipinski definition) is 3. The number of nitrogens with one attached hydrogen (secondary N) is 1. The van der Waals surface area contributed by atoms with E-state index in [-0.39, 0.29) is 23.1 Å². The van der Waals surface area contributed by atoms with Gasteiger partial charge < -0.3 is 16.2 Å². The first-order valence-electron chi connectivity index (χ1n) is 8.51. The summed E-state index contributed by atoms with van der Waals surface area (Å²) in [4.78, 5) is 28.0. The first kappa shape index (κ1) is 17.2. The molecule has 0 radical (unpaired) electrons. The molecule has 1 fully saturated rings. The third kappa shape index (κ3) is 3.68. The monoisotopic (exact) mass is 379 g/mol. The normalized spacial score (nSPS) is 13.3. The molecule has 1 saturated carbocycles. The van der Waals surface area contributed by atoms with Gasteiger partial charge in [-0.25, -0.2) is 4.98 Å². The Balaban J connectivity index is 1.60. The summed E-state index contributed by atoms with van der Waals surface area (Å²) in [6.07, 6.45) is 1.92. The van der Waals surface area contributed by atoms with E-state index >= 15 is 0 Å². The number of phenols is 1. The van der Waals surface area contributed by atoms with Gasteiger partial charge in [-0.05, 0) is 43.2 Å². The Hall–Kier alpha value is -3.19. The largest absolute Gasteiger partial charge is 0.507 e. The minimum Gasteiger partial charge on any atom is -0.507 e. The summed E-state index contributed by atoms with van der Waals surface area (Å²) in [6, 6.07) is 12.2. The third-order valence-electron chi connectivity index (χ3n) is 4.39. The number of rotatable bonds is 5. The van der Waals surface area contributed by atoms with E-state index in [4.69, 9.17) is 5.73 Å². The number of anilines is 1. The van der Waals surface area contributed by atoms with Crippen LogP contribution >= 0.6 is 11.3 Å². The van der Waals surface area contributed by atoms with Crippen molar-refractivity contribution >= 4 is 28.8 Å². The Labute approximate surface area is 159 Å². The van der Waals surface area contributed by atoms with Crippen molar-refractivity contribution in [2.75, 3.05) is 5.32 Å². The molecule has 6 nitrogen and oxygen atoms in total. The molecule has 0 aliphatic heterocycles. The van der Waals surface area contributed by atoms with Crippen molar-refractivity contribution in [3.63, 3.8) is 0 Å². The van der Waals surface area contributed by atoms with E-state index in [0.29, 0.717) is 11.3 Å². The van der Waals surface area contributed by atoms with E-state index in [9.17, 15) is 14.7 Å². The van der Waals surface area contributed by atoms with Crippen LogP contribution in [0.15, 0.2) is 47.8 Å². The molecule has 0 saturated heterocycles. The second-order valence-corrected chi connectivity index (χ2v) is 7.34. The van der Waals surface area contributed by atoms with Gasteiger partial charge >= 0.3 is 0 Å². The highest BCUT2D eigenvalue weighted by Crippen LogP contribution is 2.33. The molecule has 3 aromatic rings. The summed E-state index contributed by atoms with van der Waals surface area (Å²) in [5.41, 5.74) is 8.38. The topological polar surface area (TPSA) is 105 Å². The van der Waals surface area contributed by atoms with Crippen LogP contribution in [0.1, 0.15) is 23.2 Å². The van der Waals surface area contributed by atoms with Crippen molar-refractivity contribution in [1.29, 1.82) is 0 Å². The predicted octanol–water partition coefficient (Wildman–Crippen LogP) is 3.63. The molecule has 1 heterocycles. The van der Waals surface area contributed by atoms with E-state index in [0.717, 1.165) is 29.1 Å². The fourth-order valence-corrected chi connectivity index (χ4v) is 3.58. The van der Waals surface area contributed by atoms with Crippen LogP contribution < -0.4 is 11.1 Å². The maximum Gasteiger partial charge on any atom is 0.252 e. The lowest BCUT2D eigenvalue weighted by Gasteiger charge is -2.05. The van der Waals surface area contributed by atoms with Crippen LogP contribution in [-0.2, 0) is 4.79 Å². The maximum atomic E-state index is 11.9. The molecule has 1 aromatic heterocycles. The number of benzene rings is 2. The fourth-order valence-electron chi connectivity index (χ4n) is 2.75. The van der Waals surface area contributed by atoms with E-state index < -0.39 is 5.91 Å². The van der Waals surface area contributed by atoms with Gasteiger partial charge in [0.15, 0.2) is 0 Å². The number of hydrogen-bond acceptors (Lipinski definition) is 5. The lowest BCUT2D eigenvalue weighted by Crippen LogP contribution is -2.13. The molecule has 4 N–H and O–H groups in total. The van der Waals surface area contributed by atoms with Gasteiger partial charge in [0, 0.05) is 28.1 Å². The van der Waals surface area contributed by atoms with Crippen molar-refractivity contribution in [2.24, 2.45) is 11.7 Å². The molecule has 0 unspecified atom stereocenters. The Morgan fingerprint density at radius 1 is 1.15 bits per heavy atom. The molecule has 0 bridgehead atoms. The summed E-state index contributed by atoms with van der Waals surface area (Å²) in [5.74, 6) is -0.631. The number of primary amides is 1. The van der Waals surface area contributed by atoms with Crippen LogP contribution in [0.25, 0.3) is 21.8 Å². The quantitative estimate of drug-likeness (QED) is 0.629. The van der Waals surface area contributed by atoms with Crippen molar-refractivity contribution in [3.05, 3.63) is 53.4 Å². The van der Waals surface area contributed by atoms with Crippen molar-refractivity contribution in [1.82, 2.24) is 4.98 Å². The van der Waals surface area contributed by atoms with Gasteiger partial charge in [-0.3, -0.25) is 9.59 Å². The fraction of sp³-hybridized carbons (Fsp3) is 0.150. The molecule has 136 valence electrons. The Bertz CT molecular complexity index is 1040. The molecule has 0 atom stereocenters. The van der Waals surface area contributed by atoms with Gasteiger partial charge in [0.05, 0.1) is 11.3 Å². The number of nitrogens with zero attached hydrogens (tertiary/aromatic N) is 1. The lowest BCUT2D eigenvalue weighted by molar-refractivity contribution is -0.117. The Morgan fingerprint density at radius 3 is 2.70 bits per heavy atom. The van der Waals surface area contributed by atoms with E-state index in [1.54, 1.807) is 6.07 Å². The predicted molar refractivity (Wildman–Crippen MR) is 105 cm³/mol. The maximum absolute atomic E-state index is 11.9. The zero-order valence-corrected chi connectivity index (χ0v) is 15.1. The van der Waals surface area contributed by atoms with Crippen LogP contribution in [0, 0.1) is 5.92 Å². The molecule has 2 aromatic carbocycles. The zero-order chi connectivity index (χ0) is 19.0. The lowest BCUT2D eigenvalue weighted by atomic mass is 10.1. The molecule has 2 amide bonds. The number of carbonyl (C=O) groups excluding carboxylic acids is 2. The molecular formula is C20H17N3O3S. The van der Waals surface area contributed by atoms with Gasteiger partial charge in [-0.15, -0.1) is 11.3 Å². The van der Waals surface area contributed by atoms with Crippen LogP contribution in [-0.4, -0.2) is 21.9 Å². The average Bonchev–Trinajstić information content (AvgIpc) is 3.39. The van der Waals surface area contributed by atoms with Gasteiger partial charge in [0.1, 0.15) is 10.8 Å². The van der Waals surface area contributed by atoms with E-state index in [1.807, 2.05) is 29.6 Å². The first-order valence-corrected chi connectivity index (χ1v) is 9.39. The third-order valence-corrected chi connectivity index (χ3v) is 5.28. The summed E-state index contributed by atoms with van der Waals surface area (Å²) in [6.45, 7) is 0. The highest BCUT2D eigenvalue weighted by molar-refractivity contribution is 7.13. The Morgan fingerprint density at radius 2 is 1.96 bits per heavy atom. The molecule has 1 aliphatic rings. The number of amides is 2. The molecule has 27 heavy (non-hydrogen) atoms. The number of aromatic hydroxyl groups is 1. The molecular weight excluding hydrogens is 362 g/mol. The van der Waals surface area contributed by atoms with Gasteiger partial charge in [0.25, 0.3) is 5.91 Å². The van der Waals surface area contributed by atoms with Crippen LogP contribution in [0.5, 0.6) is 5.75 Å². The highest BCUT2D eigenvalue weighted by atomic mass is 32.1. The van der Waals surface area contributed by atoms with Crippen molar-refractivity contribution in [3.8, 4) is 27.6 Å². The average molecular weight is 379 g/mol. The summed E-state index contributed by atoms with van der Waals surface area (Å²) in [7, 11) is 0. The minimum atomic E-state index is -0.691. The van der Waals surface area contributed by atoms with Gasteiger partial charge in [-0.2, -0.15) is 0 Å². The minimum absolute atomic E-state index is 0.0619. The van der Waals surface area contributed by atoms with Gasteiger partial charge in [0.2, 0.25) is 5.91 Å². The molecule has 0 spiro atoms. The van der Waals surface area contributed by atoms with E-state index in [2.05, 4.69) is 10.3 Å². The standard InChI is InChI=1S/C20H17N3O3S/c21-18(25)15-9-12(6-7-17(15)24)16-10-27-20(23-16)13-2-1-3-14(8-13)22-19(26)11-4-5-11/h1-3,6-11,24H,4-5H2,(H2,21,25)(H,22,26). The van der Waals surface area contributed by atoms with Crippen LogP contribution in [0.3, 0.4) is 0 Å². The SMILES string of the molecule is NC(=O)c1cc(-c2csc(-c3cccc(NC(=O)C4CC4)c3)n2)ccc1O. The van der Waals surface area contributed by atoms with Crippen molar-refractivity contribution < 1.29 is 14.7 Å². The number of aromatic nitrogens is 1. The number of nitrogens with two attached hydrogens (primary N) is 1. The summed E-state index contributed by atoms with van der Waals surface area (Å²) >= 11 is 1.46. The molecule has 4 rings (SSSR count). The highest BCUT2D eigenvalue weighted by Gasteiger charge is 2.29. The van der Waals surface area contributed by atoms with E-state index in [1.165, 1.54) is 23.5 Å². The smallest absolute Gasteiger partial charge is 0.252 e. The second-order valence-electron chi connectivity index (χ2n) is 6.48. The summed E-state index contributed by atoms with van der Waals surface area (Å²) in [5, 5.41) is 15.3.